The van der Waals surface area contributed by atoms with Gasteiger partial charge < -0.3 is 19.5 Å². The summed E-state index contributed by atoms with van der Waals surface area (Å²) in [5.74, 6) is -2.82. The van der Waals surface area contributed by atoms with E-state index in [1.54, 1.807) is 24.7 Å². The van der Waals surface area contributed by atoms with Gasteiger partial charge in [0, 0.05) is 25.1 Å². The Morgan fingerprint density at radius 3 is 2.47 bits per heavy atom. The minimum Gasteiger partial charge on any atom is -0.475 e. The second-order valence-corrected chi connectivity index (χ2v) is 7.08. The van der Waals surface area contributed by atoms with Gasteiger partial charge in [-0.1, -0.05) is 0 Å². The Balaban J connectivity index is 0.000000360. The van der Waals surface area contributed by atoms with Gasteiger partial charge in [-0.2, -0.15) is 13.2 Å². The van der Waals surface area contributed by atoms with E-state index in [1.807, 2.05) is 17.0 Å². The molecule has 2 fully saturated rings. The number of amides is 1. The van der Waals surface area contributed by atoms with Crippen molar-refractivity contribution < 1.29 is 37.3 Å². The van der Waals surface area contributed by atoms with Crippen molar-refractivity contribution in [3.8, 4) is 0 Å². The van der Waals surface area contributed by atoms with E-state index in [-0.39, 0.29) is 24.2 Å². The zero-order chi connectivity index (χ0) is 23.1. The van der Waals surface area contributed by atoms with Gasteiger partial charge in [-0.15, -0.1) is 0 Å². The summed E-state index contributed by atoms with van der Waals surface area (Å²) in [5.41, 5.74) is 1.51. The van der Waals surface area contributed by atoms with E-state index in [0.29, 0.717) is 25.5 Å². The van der Waals surface area contributed by atoms with E-state index in [4.69, 9.17) is 19.4 Å². The number of aromatic nitrogens is 3. The molecule has 0 bridgehead atoms. The van der Waals surface area contributed by atoms with Crippen molar-refractivity contribution in [2.45, 2.75) is 43.9 Å². The molecule has 0 spiro atoms. The van der Waals surface area contributed by atoms with Gasteiger partial charge in [-0.05, 0) is 36.6 Å². The van der Waals surface area contributed by atoms with Crippen LogP contribution < -0.4 is 0 Å². The summed E-state index contributed by atoms with van der Waals surface area (Å²) in [6, 6.07) is 5.58. The molecule has 1 amide bonds. The zero-order valence-electron chi connectivity index (χ0n) is 16.8. The van der Waals surface area contributed by atoms with Crippen LogP contribution in [0, 0.1) is 0 Å². The first-order valence-electron chi connectivity index (χ1n) is 9.76. The summed E-state index contributed by atoms with van der Waals surface area (Å²) in [7, 11) is 0. The highest BCUT2D eigenvalue weighted by Crippen LogP contribution is 2.33. The Morgan fingerprint density at radius 1 is 1.16 bits per heavy atom. The first-order chi connectivity index (χ1) is 15.3. The molecule has 3 heterocycles. The number of pyridine rings is 1. The third kappa shape index (κ3) is 5.98. The van der Waals surface area contributed by atoms with Gasteiger partial charge >= 0.3 is 12.1 Å². The van der Waals surface area contributed by atoms with Gasteiger partial charge in [0.05, 0.1) is 25.4 Å². The number of ether oxygens (including phenoxy) is 2. The Hall–Kier alpha value is -3.12. The summed E-state index contributed by atoms with van der Waals surface area (Å²) >= 11 is 0. The van der Waals surface area contributed by atoms with Crippen LogP contribution in [-0.4, -0.2) is 74.4 Å². The summed E-state index contributed by atoms with van der Waals surface area (Å²) in [6.07, 6.45) is 3.11. The number of carbonyl (C=O) groups excluding carboxylic acids is 1. The average molecular weight is 454 g/mol. The number of rotatable bonds is 4. The fourth-order valence-corrected chi connectivity index (χ4v) is 3.59. The Bertz CT molecular complexity index is 901. The third-order valence-corrected chi connectivity index (χ3v) is 5.05. The van der Waals surface area contributed by atoms with Crippen molar-refractivity contribution in [3.05, 3.63) is 54.4 Å². The summed E-state index contributed by atoms with van der Waals surface area (Å²) < 4.78 is 43.8. The third-order valence-electron chi connectivity index (χ3n) is 5.05. The lowest BCUT2D eigenvalue weighted by atomic mass is 10.1. The number of hydrogen-bond donors (Lipinski definition) is 1. The number of aliphatic carboxylic acids is 1. The van der Waals surface area contributed by atoms with E-state index < -0.39 is 12.1 Å². The van der Waals surface area contributed by atoms with Crippen molar-refractivity contribution in [2.75, 3.05) is 13.2 Å². The largest absolute Gasteiger partial charge is 0.490 e. The minimum absolute atomic E-state index is 0.000774. The fraction of sp³-hybridized carbons (Fsp3) is 0.450. The molecule has 1 saturated carbocycles. The van der Waals surface area contributed by atoms with E-state index in [2.05, 4.69) is 15.0 Å². The van der Waals surface area contributed by atoms with Gasteiger partial charge in [-0.3, -0.25) is 9.78 Å². The molecule has 32 heavy (non-hydrogen) atoms. The smallest absolute Gasteiger partial charge is 0.475 e. The van der Waals surface area contributed by atoms with Gasteiger partial charge in [-0.25, -0.2) is 14.8 Å². The number of nitrogens with zero attached hydrogens (tertiary/aromatic N) is 4. The van der Waals surface area contributed by atoms with Crippen LogP contribution in [0.3, 0.4) is 0 Å². The summed E-state index contributed by atoms with van der Waals surface area (Å²) in [6.45, 7) is 1.63. The van der Waals surface area contributed by atoms with Crippen LogP contribution in [0.1, 0.15) is 28.9 Å². The fourth-order valence-electron chi connectivity index (χ4n) is 3.59. The number of carboxylic acid groups (broad SMARTS) is 1. The topological polar surface area (TPSA) is 115 Å². The molecule has 9 nitrogen and oxygen atoms in total. The summed E-state index contributed by atoms with van der Waals surface area (Å²) in [5, 5.41) is 7.12. The van der Waals surface area contributed by atoms with Crippen molar-refractivity contribution in [2.24, 2.45) is 0 Å². The standard InChI is InChI=1S/C18H20N4O3.C2HF3O2/c23-18(14-5-8-20-12-21-14)22-9-10-24-17-15(22)1-2-16(17)25-11-13-3-6-19-7-4-13;3-2(4,5)1(6)7/h3-8,12,15-17H,1-2,9-11H2;(H,6,7)/t15-,16+,17+;/m0./s1. The van der Waals surface area contributed by atoms with Crippen LogP contribution >= 0.6 is 0 Å². The molecule has 12 heteroatoms. The molecule has 0 radical (unpaired) electrons. The predicted octanol–water partition coefficient (Wildman–Crippen LogP) is 2.09. The van der Waals surface area contributed by atoms with E-state index in [9.17, 15) is 18.0 Å². The minimum atomic E-state index is -5.08. The van der Waals surface area contributed by atoms with Crippen LogP contribution in [0.2, 0.25) is 0 Å². The van der Waals surface area contributed by atoms with Crippen molar-refractivity contribution in [1.29, 1.82) is 0 Å². The quantitative estimate of drug-likeness (QED) is 0.747. The second-order valence-electron chi connectivity index (χ2n) is 7.08. The van der Waals surface area contributed by atoms with Gasteiger partial charge in [0.25, 0.3) is 5.91 Å². The monoisotopic (exact) mass is 454 g/mol. The van der Waals surface area contributed by atoms with Crippen molar-refractivity contribution >= 4 is 11.9 Å². The lowest BCUT2D eigenvalue weighted by Gasteiger charge is -2.38. The normalized spacial score (nSPS) is 22.5. The lowest BCUT2D eigenvalue weighted by Crippen LogP contribution is -2.54. The van der Waals surface area contributed by atoms with E-state index in [0.717, 1.165) is 18.4 Å². The maximum Gasteiger partial charge on any atom is 0.490 e. The maximum absolute atomic E-state index is 12.8. The first kappa shape index (κ1) is 23.5. The Kier molecular flexibility index (Phi) is 7.70. The Labute approximate surface area is 181 Å². The van der Waals surface area contributed by atoms with Crippen molar-refractivity contribution in [3.63, 3.8) is 0 Å². The number of hydrogen-bond acceptors (Lipinski definition) is 7. The molecular weight excluding hydrogens is 433 g/mol. The van der Waals surface area contributed by atoms with Crippen LogP contribution in [0.5, 0.6) is 0 Å². The van der Waals surface area contributed by atoms with Crippen LogP contribution in [0.25, 0.3) is 0 Å². The van der Waals surface area contributed by atoms with Crippen molar-refractivity contribution in [1.82, 2.24) is 19.9 Å². The average Bonchev–Trinajstić information content (AvgIpc) is 3.21. The SMILES string of the molecule is O=C(O)C(F)(F)F.O=C(c1ccncn1)N1CCO[C@H]2[C@H](OCc3ccncc3)CC[C@@H]21. The van der Waals surface area contributed by atoms with Crippen LogP contribution in [0.4, 0.5) is 13.2 Å². The maximum atomic E-state index is 12.8. The molecule has 4 rings (SSSR count). The number of alkyl halides is 3. The highest BCUT2D eigenvalue weighted by molar-refractivity contribution is 5.92. The number of halogens is 3. The first-order valence-corrected chi connectivity index (χ1v) is 9.76. The van der Waals surface area contributed by atoms with Crippen LogP contribution in [0.15, 0.2) is 43.1 Å². The molecule has 0 unspecified atom stereocenters. The molecule has 3 atom stereocenters. The van der Waals surface area contributed by atoms with Gasteiger partial charge in [0.1, 0.15) is 18.1 Å². The highest BCUT2D eigenvalue weighted by atomic mass is 19.4. The number of carboxylic acids is 1. The lowest BCUT2D eigenvalue weighted by molar-refractivity contribution is -0.192. The van der Waals surface area contributed by atoms with Gasteiger partial charge in [0.15, 0.2) is 0 Å². The molecular formula is C20H21F3N4O5. The van der Waals surface area contributed by atoms with Gasteiger partial charge in [0.2, 0.25) is 0 Å². The molecule has 2 aliphatic rings. The molecule has 1 aliphatic heterocycles. The molecule has 172 valence electrons. The molecule has 1 saturated heterocycles. The molecule has 1 aliphatic carbocycles. The summed E-state index contributed by atoms with van der Waals surface area (Å²) in [4.78, 5) is 35.5. The second kappa shape index (κ2) is 10.5. The zero-order valence-corrected chi connectivity index (χ0v) is 16.8. The highest BCUT2D eigenvalue weighted by Gasteiger charge is 2.45. The molecule has 1 N–H and O–H groups in total. The molecule has 0 aromatic carbocycles. The Morgan fingerprint density at radius 2 is 1.84 bits per heavy atom. The van der Waals surface area contributed by atoms with E-state index >= 15 is 0 Å². The number of fused-ring (bicyclic) bond motifs is 1. The number of morpholine rings is 1. The predicted molar refractivity (Wildman–Crippen MR) is 102 cm³/mol. The van der Waals surface area contributed by atoms with Crippen LogP contribution in [-0.2, 0) is 20.9 Å². The molecule has 2 aromatic heterocycles. The number of carbonyl (C=O) groups is 2. The molecule has 2 aromatic rings. The van der Waals surface area contributed by atoms with E-state index in [1.165, 1.54) is 6.33 Å².